The predicted molar refractivity (Wildman–Crippen MR) is 70.3 cm³/mol. The Morgan fingerprint density at radius 1 is 1.26 bits per heavy atom. The van der Waals surface area contributed by atoms with Crippen LogP contribution in [0.3, 0.4) is 0 Å². The van der Waals surface area contributed by atoms with E-state index in [0.29, 0.717) is 6.42 Å². The molecule has 0 bridgehead atoms. The lowest BCUT2D eigenvalue weighted by Crippen LogP contribution is -2.43. The van der Waals surface area contributed by atoms with Crippen LogP contribution in [0.5, 0.6) is 5.75 Å². The number of likely N-dealkylation sites (N-methyl/N-ethyl adjacent to an activating group) is 1. The molecule has 0 aliphatic carbocycles. The highest BCUT2D eigenvalue weighted by molar-refractivity contribution is 5.25. The van der Waals surface area contributed by atoms with Crippen molar-refractivity contribution >= 4 is 0 Å². The summed E-state index contributed by atoms with van der Waals surface area (Å²) in [6, 6.07) is 3.64. The third-order valence-corrected chi connectivity index (χ3v) is 3.24. The summed E-state index contributed by atoms with van der Waals surface area (Å²) in [6.45, 7) is 2.22. The van der Waals surface area contributed by atoms with Gasteiger partial charge < -0.3 is 15.2 Å². The summed E-state index contributed by atoms with van der Waals surface area (Å²) >= 11 is 0. The van der Waals surface area contributed by atoms with E-state index in [1.165, 1.54) is 18.2 Å². The lowest BCUT2D eigenvalue weighted by molar-refractivity contribution is 0.167. The molecule has 0 spiro atoms. The minimum absolute atomic E-state index is 0.0479. The lowest BCUT2D eigenvalue weighted by atomic mass is 9.96. The Morgan fingerprint density at radius 3 is 2.42 bits per heavy atom. The van der Waals surface area contributed by atoms with Crippen molar-refractivity contribution in [1.82, 2.24) is 5.32 Å². The van der Waals surface area contributed by atoms with E-state index in [1.54, 1.807) is 7.05 Å². The minimum Gasteiger partial charge on any atom is -0.488 e. The van der Waals surface area contributed by atoms with Crippen LogP contribution in [0.4, 0.5) is 8.78 Å². The SMILES string of the molecule is CNC(C)(CO)CCCCOc1c(F)cccc1F. The van der Waals surface area contributed by atoms with Gasteiger partial charge in [-0.3, -0.25) is 0 Å². The van der Waals surface area contributed by atoms with Gasteiger partial charge in [0.2, 0.25) is 0 Å². The Balaban J connectivity index is 2.32. The highest BCUT2D eigenvalue weighted by atomic mass is 19.1. The fourth-order valence-electron chi connectivity index (χ4n) is 1.69. The Hall–Kier alpha value is -1.20. The largest absolute Gasteiger partial charge is 0.488 e. The number of halogens is 2. The molecule has 0 amide bonds. The molecule has 0 heterocycles. The summed E-state index contributed by atoms with van der Waals surface area (Å²) in [5.41, 5.74) is -0.316. The maximum absolute atomic E-state index is 13.3. The maximum atomic E-state index is 13.3. The molecule has 0 aliphatic rings. The molecule has 0 fully saturated rings. The summed E-state index contributed by atoms with van der Waals surface area (Å²) in [5.74, 6) is -1.69. The number of hydrogen-bond acceptors (Lipinski definition) is 3. The molecule has 1 unspecified atom stereocenters. The van der Waals surface area contributed by atoms with Crippen molar-refractivity contribution in [3.8, 4) is 5.75 Å². The average Bonchev–Trinajstić information content (AvgIpc) is 2.41. The first-order valence-corrected chi connectivity index (χ1v) is 6.39. The van der Waals surface area contributed by atoms with Crippen molar-refractivity contribution in [1.29, 1.82) is 0 Å². The molecule has 1 aromatic carbocycles. The molecular formula is C14H21F2NO2. The molecule has 0 aromatic heterocycles. The zero-order chi connectivity index (χ0) is 14.3. The van der Waals surface area contributed by atoms with E-state index < -0.39 is 11.6 Å². The Bertz CT molecular complexity index is 375. The topological polar surface area (TPSA) is 41.5 Å². The number of nitrogens with one attached hydrogen (secondary N) is 1. The average molecular weight is 273 g/mol. The number of para-hydroxylation sites is 1. The number of aliphatic hydroxyl groups is 1. The Morgan fingerprint density at radius 2 is 1.89 bits per heavy atom. The van der Waals surface area contributed by atoms with Gasteiger partial charge in [-0.1, -0.05) is 6.07 Å². The second-order valence-electron chi connectivity index (χ2n) is 4.83. The second kappa shape index (κ2) is 7.40. The zero-order valence-corrected chi connectivity index (χ0v) is 11.4. The van der Waals surface area contributed by atoms with E-state index in [-0.39, 0.29) is 24.5 Å². The van der Waals surface area contributed by atoms with Gasteiger partial charge >= 0.3 is 0 Å². The first-order chi connectivity index (χ1) is 9.02. The van der Waals surface area contributed by atoms with Crippen LogP contribution in [-0.4, -0.2) is 30.9 Å². The van der Waals surface area contributed by atoms with Gasteiger partial charge in [0.05, 0.1) is 13.2 Å². The van der Waals surface area contributed by atoms with Gasteiger partial charge in [0, 0.05) is 5.54 Å². The van der Waals surface area contributed by atoms with Gasteiger partial charge in [0.15, 0.2) is 17.4 Å². The van der Waals surface area contributed by atoms with Gasteiger partial charge in [0.25, 0.3) is 0 Å². The van der Waals surface area contributed by atoms with E-state index in [1.807, 2.05) is 6.92 Å². The van der Waals surface area contributed by atoms with Crippen LogP contribution in [0.1, 0.15) is 26.2 Å². The number of hydrogen-bond donors (Lipinski definition) is 2. The molecule has 19 heavy (non-hydrogen) atoms. The quantitative estimate of drug-likeness (QED) is 0.715. The fourth-order valence-corrected chi connectivity index (χ4v) is 1.69. The van der Waals surface area contributed by atoms with Gasteiger partial charge in [-0.05, 0) is 45.4 Å². The lowest BCUT2D eigenvalue weighted by Gasteiger charge is -2.26. The van der Waals surface area contributed by atoms with Crippen LogP contribution in [0.25, 0.3) is 0 Å². The zero-order valence-electron chi connectivity index (χ0n) is 11.4. The number of unbranched alkanes of at least 4 members (excludes halogenated alkanes) is 1. The van der Waals surface area contributed by atoms with E-state index in [9.17, 15) is 13.9 Å². The molecule has 0 radical (unpaired) electrons. The van der Waals surface area contributed by atoms with Crippen LogP contribution in [-0.2, 0) is 0 Å². The molecular weight excluding hydrogens is 252 g/mol. The van der Waals surface area contributed by atoms with E-state index in [0.717, 1.165) is 12.8 Å². The van der Waals surface area contributed by atoms with Crippen LogP contribution in [0, 0.1) is 11.6 Å². The van der Waals surface area contributed by atoms with E-state index in [2.05, 4.69) is 5.32 Å². The van der Waals surface area contributed by atoms with E-state index in [4.69, 9.17) is 4.74 Å². The predicted octanol–water partition coefficient (Wildman–Crippen LogP) is 2.48. The maximum Gasteiger partial charge on any atom is 0.190 e. The van der Waals surface area contributed by atoms with Crippen LogP contribution >= 0.6 is 0 Å². The van der Waals surface area contributed by atoms with Gasteiger partial charge in [0.1, 0.15) is 0 Å². The third kappa shape index (κ3) is 4.76. The van der Waals surface area contributed by atoms with Crippen molar-refractivity contribution in [2.24, 2.45) is 0 Å². The third-order valence-electron chi connectivity index (χ3n) is 3.24. The molecule has 2 N–H and O–H groups in total. The Kier molecular flexibility index (Phi) is 6.18. The highest BCUT2D eigenvalue weighted by Gasteiger charge is 2.19. The molecule has 3 nitrogen and oxygen atoms in total. The molecule has 5 heteroatoms. The van der Waals surface area contributed by atoms with Crippen LogP contribution in [0.2, 0.25) is 0 Å². The van der Waals surface area contributed by atoms with Crippen molar-refractivity contribution in [3.05, 3.63) is 29.8 Å². The molecule has 0 aliphatic heterocycles. The minimum atomic E-state index is -0.685. The molecule has 0 saturated heterocycles. The highest BCUT2D eigenvalue weighted by Crippen LogP contribution is 2.21. The van der Waals surface area contributed by atoms with Crippen molar-refractivity contribution in [2.75, 3.05) is 20.3 Å². The van der Waals surface area contributed by atoms with Crippen LogP contribution in [0.15, 0.2) is 18.2 Å². The number of aliphatic hydroxyl groups excluding tert-OH is 1. The van der Waals surface area contributed by atoms with Crippen LogP contribution < -0.4 is 10.1 Å². The van der Waals surface area contributed by atoms with Crippen molar-refractivity contribution in [3.63, 3.8) is 0 Å². The number of rotatable bonds is 8. The first-order valence-electron chi connectivity index (χ1n) is 6.39. The number of benzene rings is 1. The van der Waals surface area contributed by atoms with Gasteiger partial charge in [-0.25, -0.2) is 8.78 Å². The monoisotopic (exact) mass is 273 g/mol. The van der Waals surface area contributed by atoms with Crippen molar-refractivity contribution in [2.45, 2.75) is 31.7 Å². The number of ether oxygens (including phenoxy) is 1. The summed E-state index contributed by atoms with van der Waals surface area (Å²) in [7, 11) is 1.79. The normalized spacial score (nSPS) is 14.2. The molecule has 108 valence electrons. The van der Waals surface area contributed by atoms with Gasteiger partial charge in [-0.2, -0.15) is 0 Å². The summed E-state index contributed by atoms with van der Waals surface area (Å²) < 4.78 is 31.6. The first kappa shape index (κ1) is 15.9. The standard InChI is InChI=1S/C14H21F2NO2/c1-14(10-18,17-2)8-3-4-9-19-13-11(15)6-5-7-12(13)16/h5-7,17-18H,3-4,8-10H2,1-2H3. The molecule has 0 saturated carbocycles. The molecule has 1 rings (SSSR count). The molecule has 1 atom stereocenters. The molecule has 1 aromatic rings. The van der Waals surface area contributed by atoms with E-state index >= 15 is 0 Å². The smallest absolute Gasteiger partial charge is 0.190 e. The summed E-state index contributed by atoms with van der Waals surface area (Å²) in [5, 5.41) is 12.2. The second-order valence-corrected chi connectivity index (χ2v) is 4.83. The Labute approximate surface area is 112 Å². The summed E-state index contributed by atoms with van der Waals surface area (Å²) in [6.07, 6.45) is 2.24. The van der Waals surface area contributed by atoms with Gasteiger partial charge in [-0.15, -0.1) is 0 Å². The summed E-state index contributed by atoms with van der Waals surface area (Å²) in [4.78, 5) is 0. The van der Waals surface area contributed by atoms with Crippen molar-refractivity contribution < 1.29 is 18.6 Å². The fraction of sp³-hybridized carbons (Fsp3) is 0.571.